The number of rotatable bonds is 9. The van der Waals surface area contributed by atoms with Gasteiger partial charge in [-0.05, 0) is 52.0 Å². The highest BCUT2D eigenvalue weighted by Gasteiger charge is 2.28. The third kappa shape index (κ3) is 9.19. The van der Waals surface area contributed by atoms with Crippen molar-refractivity contribution in [1.82, 2.24) is 4.72 Å². The van der Waals surface area contributed by atoms with Gasteiger partial charge in [-0.1, -0.05) is 38.5 Å². The van der Waals surface area contributed by atoms with Crippen LogP contribution < -0.4 is 4.72 Å². The summed E-state index contributed by atoms with van der Waals surface area (Å²) in [5.41, 5.74) is 0.599. The molecule has 0 bridgehead atoms. The molecule has 4 nitrogen and oxygen atoms in total. The first-order chi connectivity index (χ1) is 11.9. The maximum absolute atomic E-state index is 12.7. The number of hydrogen-bond acceptors (Lipinski definition) is 4. The van der Waals surface area contributed by atoms with Crippen LogP contribution in [-0.4, -0.2) is 32.3 Å². The van der Waals surface area contributed by atoms with Crippen LogP contribution in [0.1, 0.15) is 59.9 Å². The third-order valence-corrected chi connectivity index (χ3v) is 6.10. The van der Waals surface area contributed by atoms with E-state index >= 15 is 0 Å². The molecule has 26 heavy (non-hydrogen) atoms. The van der Waals surface area contributed by atoms with Crippen molar-refractivity contribution in [2.24, 2.45) is 0 Å². The van der Waals surface area contributed by atoms with E-state index in [4.69, 9.17) is 4.74 Å². The SMILES string of the molecule is CCSC(C)(C)C[C@@H](CC(=O)OC(C)(C)C)N[S@@](=O)c1ccc(C)cc1. The number of carbonyl (C=O) groups excluding carboxylic acids is 1. The van der Waals surface area contributed by atoms with Crippen LogP contribution in [0.4, 0.5) is 0 Å². The van der Waals surface area contributed by atoms with Gasteiger partial charge in [0.25, 0.3) is 0 Å². The van der Waals surface area contributed by atoms with Crippen LogP contribution in [0.5, 0.6) is 0 Å². The smallest absolute Gasteiger partial charge is 0.307 e. The summed E-state index contributed by atoms with van der Waals surface area (Å²) in [7, 11) is -1.37. The lowest BCUT2D eigenvalue weighted by molar-refractivity contribution is -0.155. The third-order valence-electron chi connectivity index (χ3n) is 3.61. The summed E-state index contributed by atoms with van der Waals surface area (Å²) in [5.74, 6) is 0.723. The number of ether oxygens (including phenoxy) is 1. The van der Waals surface area contributed by atoms with Gasteiger partial charge in [0, 0.05) is 10.8 Å². The van der Waals surface area contributed by atoms with Crippen molar-refractivity contribution < 1.29 is 13.7 Å². The highest BCUT2D eigenvalue weighted by Crippen LogP contribution is 2.30. The van der Waals surface area contributed by atoms with E-state index in [2.05, 4.69) is 25.5 Å². The lowest BCUT2D eigenvalue weighted by Gasteiger charge is -2.29. The van der Waals surface area contributed by atoms with Crippen LogP contribution in [-0.2, 0) is 20.5 Å². The topological polar surface area (TPSA) is 55.4 Å². The Balaban J connectivity index is 2.86. The fourth-order valence-corrected chi connectivity index (χ4v) is 4.75. The van der Waals surface area contributed by atoms with E-state index in [9.17, 15) is 9.00 Å². The summed E-state index contributed by atoms with van der Waals surface area (Å²) in [5, 5.41) is 0. The lowest BCUT2D eigenvalue weighted by Crippen LogP contribution is -2.39. The van der Waals surface area contributed by atoms with Gasteiger partial charge in [0.15, 0.2) is 0 Å². The van der Waals surface area contributed by atoms with Gasteiger partial charge in [-0.25, -0.2) is 8.93 Å². The Kier molecular flexibility index (Phi) is 8.83. The highest BCUT2D eigenvalue weighted by molar-refractivity contribution is 8.00. The number of benzene rings is 1. The Hall–Kier alpha value is -0.850. The van der Waals surface area contributed by atoms with Crippen molar-refractivity contribution in [3.63, 3.8) is 0 Å². The number of hydrogen-bond donors (Lipinski definition) is 1. The molecule has 0 radical (unpaired) electrons. The Morgan fingerprint density at radius 3 is 2.27 bits per heavy atom. The molecule has 0 spiro atoms. The van der Waals surface area contributed by atoms with E-state index in [-0.39, 0.29) is 23.2 Å². The van der Waals surface area contributed by atoms with E-state index < -0.39 is 16.6 Å². The number of thioether (sulfide) groups is 1. The quantitative estimate of drug-likeness (QED) is 0.615. The van der Waals surface area contributed by atoms with Crippen molar-refractivity contribution >= 4 is 28.7 Å². The molecule has 0 aliphatic rings. The number of aryl methyl sites for hydroxylation is 1. The van der Waals surface area contributed by atoms with Gasteiger partial charge in [-0.15, -0.1) is 0 Å². The lowest BCUT2D eigenvalue weighted by atomic mass is 10.0. The minimum Gasteiger partial charge on any atom is -0.460 e. The molecular weight excluding hydrogens is 366 g/mol. The van der Waals surface area contributed by atoms with Crippen LogP contribution in [0.15, 0.2) is 29.2 Å². The Morgan fingerprint density at radius 2 is 1.77 bits per heavy atom. The molecule has 1 N–H and O–H groups in total. The fraction of sp³-hybridized carbons (Fsp3) is 0.650. The van der Waals surface area contributed by atoms with Crippen molar-refractivity contribution in [1.29, 1.82) is 0 Å². The molecule has 2 atom stereocenters. The molecule has 1 aromatic rings. The van der Waals surface area contributed by atoms with Crippen molar-refractivity contribution in [3.05, 3.63) is 29.8 Å². The number of carbonyl (C=O) groups is 1. The molecule has 1 rings (SSSR count). The molecule has 0 saturated carbocycles. The van der Waals surface area contributed by atoms with Gasteiger partial charge >= 0.3 is 5.97 Å². The van der Waals surface area contributed by atoms with Gasteiger partial charge in [-0.2, -0.15) is 11.8 Å². The normalized spacial score (nSPS) is 14.7. The average molecular weight is 400 g/mol. The molecule has 6 heteroatoms. The van der Waals surface area contributed by atoms with Crippen LogP contribution in [0, 0.1) is 6.92 Å². The van der Waals surface area contributed by atoms with Crippen molar-refractivity contribution in [3.8, 4) is 0 Å². The largest absolute Gasteiger partial charge is 0.460 e. The summed E-state index contributed by atoms with van der Waals surface area (Å²) >= 11 is 1.84. The number of esters is 1. The van der Waals surface area contributed by atoms with E-state index in [0.29, 0.717) is 4.90 Å². The Bertz CT molecular complexity index is 606. The maximum Gasteiger partial charge on any atom is 0.307 e. The van der Waals surface area contributed by atoms with E-state index in [0.717, 1.165) is 17.7 Å². The van der Waals surface area contributed by atoms with Gasteiger partial charge in [0.2, 0.25) is 0 Å². The zero-order chi connectivity index (χ0) is 20.0. The monoisotopic (exact) mass is 399 g/mol. The molecule has 0 saturated heterocycles. The molecule has 0 aliphatic heterocycles. The molecule has 0 fully saturated rings. The second kappa shape index (κ2) is 9.90. The molecule has 0 amide bonds. The first-order valence-corrected chi connectivity index (χ1v) is 11.2. The van der Waals surface area contributed by atoms with Gasteiger partial charge in [0.1, 0.15) is 16.6 Å². The second-order valence-electron chi connectivity index (χ2n) is 8.08. The van der Waals surface area contributed by atoms with E-state index in [1.807, 2.05) is 63.7 Å². The molecule has 1 aromatic carbocycles. The summed E-state index contributed by atoms with van der Waals surface area (Å²) in [6.45, 7) is 14.0. The van der Waals surface area contributed by atoms with Crippen LogP contribution in [0.25, 0.3) is 0 Å². The van der Waals surface area contributed by atoms with Crippen LogP contribution in [0.2, 0.25) is 0 Å². The molecule has 0 aromatic heterocycles. The zero-order valence-electron chi connectivity index (χ0n) is 17.0. The summed E-state index contributed by atoms with van der Waals surface area (Å²) in [6, 6.07) is 7.37. The second-order valence-corrected chi connectivity index (χ2v) is 11.3. The minimum atomic E-state index is -1.37. The summed E-state index contributed by atoms with van der Waals surface area (Å²) < 4.78 is 21.3. The molecule has 0 heterocycles. The minimum absolute atomic E-state index is 0.0219. The summed E-state index contributed by atoms with van der Waals surface area (Å²) in [4.78, 5) is 13.0. The molecule has 148 valence electrons. The van der Waals surface area contributed by atoms with Crippen molar-refractivity contribution in [2.45, 2.75) is 82.6 Å². The van der Waals surface area contributed by atoms with E-state index in [1.165, 1.54) is 0 Å². The molecule has 0 unspecified atom stereocenters. The highest BCUT2D eigenvalue weighted by atomic mass is 32.2. The van der Waals surface area contributed by atoms with Gasteiger partial charge in [-0.3, -0.25) is 4.79 Å². The van der Waals surface area contributed by atoms with Crippen LogP contribution >= 0.6 is 11.8 Å². The maximum atomic E-state index is 12.7. The average Bonchev–Trinajstić information content (AvgIpc) is 2.44. The Morgan fingerprint density at radius 1 is 1.19 bits per heavy atom. The predicted molar refractivity (Wildman–Crippen MR) is 112 cm³/mol. The standard InChI is InChI=1S/C20H33NO3S2/c1-8-25-20(6,7)14-16(13-18(22)24-19(3,4)5)21-26(23)17-11-9-15(2)10-12-17/h9-12,16,21H,8,13-14H2,1-7H3/t16-,26+/m1/s1. The van der Waals surface area contributed by atoms with Gasteiger partial charge in [0.05, 0.1) is 11.3 Å². The zero-order valence-corrected chi connectivity index (χ0v) is 18.7. The molecule has 0 aliphatic carbocycles. The van der Waals surface area contributed by atoms with Gasteiger partial charge < -0.3 is 4.74 Å². The van der Waals surface area contributed by atoms with E-state index in [1.54, 1.807) is 0 Å². The van der Waals surface area contributed by atoms with Crippen molar-refractivity contribution in [2.75, 3.05) is 5.75 Å². The van der Waals surface area contributed by atoms with Crippen LogP contribution in [0.3, 0.4) is 0 Å². The Labute approximate surface area is 165 Å². The first-order valence-electron chi connectivity index (χ1n) is 9.02. The predicted octanol–water partition coefficient (Wildman–Crippen LogP) is 4.63. The fourth-order valence-electron chi connectivity index (χ4n) is 2.66. The molecular formula is C20H33NO3S2. The summed E-state index contributed by atoms with van der Waals surface area (Å²) in [6.07, 6.45) is 0.922. The first kappa shape index (κ1) is 23.2. The number of nitrogens with one attached hydrogen (secondary N) is 1.